The Hall–Kier alpha value is -3.25. The van der Waals surface area contributed by atoms with Crippen LogP contribution in [0.4, 0.5) is 0 Å². The molecule has 1 unspecified atom stereocenters. The predicted molar refractivity (Wildman–Crippen MR) is 122 cm³/mol. The van der Waals surface area contributed by atoms with E-state index in [0.29, 0.717) is 35.4 Å². The summed E-state index contributed by atoms with van der Waals surface area (Å²) < 4.78 is 5.47. The van der Waals surface area contributed by atoms with E-state index in [-0.39, 0.29) is 11.2 Å². The van der Waals surface area contributed by atoms with Crippen molar-refractivity contribution in [1.82, 2.24) is 9.97 Å². The summed E-state index contributed by atoms with van der Waals surface area (Å²) in [4.78, 5) is 33.5. The normalized spacial score (nSPS) is 12.5. The highest BCUT2D eigenvalue weighted by molar-refractivity contribution is 5.80. The number of aromatic amines is 1. The summed E-state index contributed by atoms with van der Waals surface area (Å²) in [6.07, 6.45) is 3.01. The minimum atomic E-state index is -0.331. The SMILES string of the molecule is CCCC[NH+](Cc1nc2ccccc2c(=O)[nH]1)Cc1cc(=O)oc2cc(CC)ccc12. The van der Waals surface area contributed by atoms with Gasteiger partial charge >= 0.3 is 5.63 Å². The number of H-pyrrole nitrogens is 1. The van der Waals surface area contributed by atoms with Gasteiger partial charge in [-0.1, -0.05) is 44.5 Å². The maximum absolute atomic E-state index is 12.5. The molecule has 0 bridgehead atoms. The Balaban J connectivity index is 1.68. The Kier molecular flexibility index (Phi) is 6.28. The average Bonchev–Trinajstić information content (AvgIpc) is 2.77. The van der Waals surface area contributed by atoms with Gasteiger partial charge in [0, 0.05) is 17.0 Å². The highest BCUT2D eigenvalue weighted by atomic mass is 16.4. The van der Waals surface area contributed by atoms with Crippen LogP contribution in [0.1, 0.15) is 43.6 Å². The Bertz CT molecular complexity index is 1320. The molecule has 0 amide bonds. The summed E-state index contributed by atoms with van der Waals surface area (Å²) in [5, 5.41) is 1.56. The monoisotopic (exact) mass is 418 g/mol. The Labute approximate surface area is 180 Å². The number of hydrogen-bond donors (Lipinski definition) is 2. The molecule has 0 saturated carbocycles. The second-order valence-corrected chi connectivity index (χ2v) is 8.01. The van der Waals surface area contributed by atoms with Crippen LogP contribution in [-0.4, -0.2) is 16.5 Å². The molecule has 31 heavy (non-hydrogen) atoms. The van der Waals surface area contributed by atoms with Gasteiger partial charge in [0.25, 0.3) is 5.56 Å². The minimum absolute atomic E-state index is 0.117. The zero-order valence-electron chi connectivity index (χ0n) is 18.0. The average molecular weight is 419 g/mol. The summed E-state index contributed by atoms with van der Waals surface area (Å²) in [6, 6.07) is 15.0. The molecular weight excluding hydrogens is 390 g/mol. The number of nitrogens with zero attached hydrogens (tertiary/aromatic N) is 1. The molecule has 160 valence electrons. The number of benzene rings is 2. The number of nitrogens with one attached hydrogen (secondary N) is 2. The molecule has 2 aromatic carbocycles. The molecule has 6 heteroatoms. The molecular formula is C25H28N3O3+. The summed E-state index contributed by atoms with van der Waals surface area (Å²) in [5.74, 6) is 0.662. The number of fused-ring (bicyclic) bond motifs is 2. The van der Waals surface area contributed by atoms with Gasteiger partial charge in [0.05, 0.1) is 17.4 Å². The van der Waals surface area contributed by atoms with Crippen molar-refractivity contribution < 1.29 is 9.32 Å². The summed E-state index contributed by atoms with van der Waals surface area (Å²) >= 11 is 0. The molecule has 0 aliphatic carbocycles. The fourth-order valence-electron chi connectivity index (χ4n) is 4.03. The van der Waals surface area contributed by atoms with Crippen molar-refractivity contribution in [2.24, 2.45) is 0 Å². The molecule has 0 radical (unpaired) electrons. The quantitative estimate of drug-likeness (QED) is 0.431. The van der Waals surface area contributed by atoms with Crippen molar-refractivity contribution >= 4 is 21.9 Å². The topological polar surface area (TPSA) is 80.4 Å². The van der Waals surface area contributed by atoms with E-state index in [0.717, 1.165) is 42.3 Å². The van der Waals surface area contributed by atoms with E-state index in [4.69, 9.17) is 4.42 Å². The van der Waals surface area contributed by atoms with Gasteiger partial charge in [-0.2, -0.15) is 0 Å². The third-order valence-corrected chi connectivity index (χ3v) is 5.71. The molecule has 0 aliphatic heterocycles. The van der Waals surface area contributed by atoms with Crippen molar-refractivity contribution in [3.63, 3.8) is 0 Å². The zero-order valence-corrected chi connectivity index (χ0v) is 18.0. The fourth-order valence-corrected chi connectivity index (χ4v) is 4.03. The van der Waals surface area contributed by atoms with Crippen molar-refractivity contribution in [2.75, 3.05) is 6.54 Å². The number of para-hydroxylation sites is 1. The van der Waals surface area contributed by atoms with Gasteiger partial charge in [0.2, 0.25) is 0 Å². The first-order chi connectivity index (χ1) is 15.1. The lowest BCUT2D eigenvalue weighted by Gasteiger charge is -2.20. The van der Waals surface area contributed by atoms with Gasteiger partial charge in [-0.25, -0.2) is 9.78 Å². The molecule has 2 aromatic heterocycles. The minimum Gasteiger partial charge on any atom is -0.423 e. The molecule has 0 spiro atoms. The Morgan fingerprint density at radius 2 is 1.84 bits per heavy atom. The summed E-state index contributed by atoms with van der Waals surface area (Å²) in [5.41, 5.74) is 2.99. The van der Waals surface area contributed by atoms with Gasteiger partial charge in [-0.15, -0.1) is 0 Å². The highest BCUT2D eigenvalue weighted by Crippen LogP contribution is 2.18. The Morgan fingerprint density at radius 3 is 2.65 bits per heavy atom. The molecule has 2 heterocycles. The van der Waals surface area contributed by atoms with Crippen LogP contribution in [-0.2, 0) is 19.5 Å². The first-order valence-corrected chi connectivity index (χ1v) is 10.9. The van der Waals surface area contributed by atoms with E-state index in [1.54, 1.807) is 12.1 Å². The van der Waals surface area contributed by atoms with Crippen LogP contribution in [0.2, 0.25) is 0 Å². The maximum atomic E-state index is 12.5. The lowest BCUT2D eigenvalue weighted by molar-refractivity contribution is -0.928. The van der Waals surface area contributed by atoms with E-state index >= 15 is 0 Å². The third-order valence-electron chi connectivity index (χ3n) is 5.71. The maximum Gasteiger partial charge on any atom is 0.336 e. The van der Waals surface area contributed by atoms with Gasteiger partial charge < -0.3 is 14.3 Å². The third kappa shape index (κ3) is 4.75. The molecule has 0 aliphatic rings. The first-order valence-electron chi connectivity index (χ1n) is 10.9. The van der Waals surface area contributed by atoms with Crippen LogP contribution in [0.5, 0.6) is 0 Å². The Morgan fingerprint density at radius 1 is 1.00 bits per heavy atom. The predicted octanol–water partition coefficient (Wildman–Crippen LogP) is 2.98. The van der Waals surface area contributed by atoms with Crippen LogP contribution >= 0.6 is 0 Å². The summed E-state index contributed by atoms with van der Waals surface area (Å²) in [7, 11) is 0. The molecule has 2 N–H and O–H groups in total. The number of aromatic nitrogens is 2. The second kappa shape index (κ2) is 9.27. The van der Waals surface area contributed by atoms with Crippen molar-refractivity contribution in [3.8, 4) is 0 Å². The number of hydrogen-bond acceptors (Lipinski definition) is 4. The van der Waals surface area contributed by atoms with Gasteiger partial charge in [-0.05, 0) is 36.6 Å². The van der Waals surface area contributed by atoms with E-state index in [2.05, 4.69) is 29.9 Å². The zero-order chi connectivity index (χ0) is 21.8. The molecule has 6 nitrogen and oxygen atoms in total. The van der Waals surface area contributed by atoms with Crippen molar-refractivity contribution in [1.29, 1.82) is 0 Å². The standard InChI is InChI=1S/C25H27N3O3/c1-3-5-12-28(16-23-26-21-9-7-6-8-20(21)25(30)27-23)15-18-14-24(29)31-22-13-17(4-2)10-11-19(18)22/h6-11,13-14H,3-5,12,15-16H2,1-2H3,(H,26,27,30)/p+1. The van der Waals surface area contributed by atoms with Crippen molar-refractivity contribution in [2.45, 2.75) is 46.2 Å². The molecule has 1 atom stereocenters. The smallest absolute Gasteiger partial charge is 0.336 e. The van der Waals surface area contributed by atoms with Crippen LogP contribution in [0.3, 0.4) is 0 Å². The first kappa shape index (κ1) is 21.0. The lowest BCUT2D eigenvalue weighted by atomic mass is 10.1. The van der Waals surface area contributed by atoms with E-state index in [1.165, 1.54) is 4.90 Å². The lowest BCUT2D eigenvalue weighted by Crippen LogP contribution is -3.09. The van der Waals surface area contributed by atoms with Crippen LogP contribution in [0, 0.1) is 0 Å². The molecule has 4 aromatic rings. The number of aryl methyl sites for hydroxylation is 1. The van der Waals surface area contributed by atoms with Crippen molar-refractivity contribution in [3.05, 3.63) is 86.3 Å². The largest absolute Gasteiger partial charge is 0.423 e. The van der Waals surface area contributed by atoms with Gasteiger partial charge in [-0.3, -0.25) is 4.79 Å². The van der Waals surface area contributed by atoms with E-state index < -0.39 is 0 Å². The fraction of sp³-hybridized carbons (Fsp3) is 0.320. The molecule has 0 fully saturated rings. The van der Waals surface area contributed by atoms with E-state index in [9.17, 15) is 9.59 Å². The molecule has 0 saturated heterocycles. The van der Waals surface area contributed by atoms with Gasteiger partial charge in [0.1, 0.15) is 18.7 Å². The number of quaternary nitrogens is 1. The van der Waals surface area contributed by atoms with Gasteiger partial charge in [0.15, 0.2) is 5.82 Å². The van der Waals surface area contributed by atoms with E-state index in [1.807, 2.05) is 30.3 Å². The number of rotatable bonds is 8. The number of unbranched alkanes of at least 4 members (excludes halogenated alkanes) is 1. The molecule has 4 rings (SSSR count). The highest BCUT2D eigenvalue weighted by Gasteiger charge is 2.16. The van der Waals surface area contributed by atoms with Crippen LogP contribution < -0.4 is 16.1 Å². The van der Waals surface area contributed by atoms with Crippen LogP contribution in [0.25, 0.3) is 21.9 Å². The van der Waals surface area contributed by atoms with Crippen LogP contribution in [0.15, 0.2) is 62.5 Å². The summed E-state index contributed by atoms with van der Waals surface area (Å²) in [6.45, 7) is 6.39. The second-order valence-electron chi connectivity index (χ2n) is 8.01.